The number of rotatable bonds is 3. The predicted octanol–water partition coefficient (Wildman–Crippen LogP) is 9.29. The zero-order valence-electron chi connectivity index (χ0n) is 22.5. The highest BCUT2D eigenvalue weighted by Gasteiger charge is 2.22. The molecule has 0 bridgehead atoms. The van der Waals surface area contributed by atoms with E-state index in [0.29, 0.717) is 11.1 Å². The fourth-order valence-corrected chi connectivity index (χ4v) is 6.44. The van der Waals surface area contributed by atoms with Gasteiger partial charge in [0.2, 0.25) is 0 Å². The smallest absolute Gasteiger partial charge is 0.0992 e. The Morgan fingerprint density at radius 3 is 1.31 bits per heavy atom. The van der Waals surface area contributed by atoms with Gasteiger partial charge in [-0.1, -0.05) is 84.9 Å². The second-order valence-corrected chi connectivity index (χ2v) is 10.4. The molecule has 8 aromatic rings. The molecule has 4 heteroatoms. The van der Waals surface area contributed by atoms with Crippen molar-refractivity contribution in [2.75, 3.05) is 0 Å². The maximum absolute atomic E-state index is 9.84. The molecule has 0 fully saturated rings. The van der Waals surface area contributed by atoms with E-state index in [0.717, 1.165) is 44.6 Å². The largest absolute Gasteiger partial charge is 0.307 e. The first kappa shape index (κ1) is 23.8. The number of fused-ring (bicyclic) bond motifs is 6. The summed E-state index contributed by atoms with van der Waals surface area (Å²) in [5.74, 6) is 0. The molecule has 0 unspecified atom stereocenters. The molecule has 2 aromatic heterocycles. The lowest BCUT2D eigenvalue weighted by molar-refractivity contribution is 1.10. The molecule has 0 spiro atoms. The third-order valence-electron chi connectivity index (χ3n) is 8.14. The Labute approximate surface area is 242 Å². The summed E-state index contributed by atoms with van der Waals surface area (Å²) in [5.41, 5.74) is 9.08. The molecule has 8 rings (SSSR count). The van der Waals surface area contributed by atoms with Gasteiger partial charge < -0.3 is 9.13 Å². The van der Waals surface area contributed by atoms with Gasteiger partial charge in [0.15, 0.2) is 0 Å². The van der Waals surface area contributed by atoms with Crippen molar-refractivity contribution >= 4 is 43.6 Å². The van der Waals surface area contributed by atoms with Gasteiger partial charge in [0.25, 0.3) is 0 Å². The Balaban J connectivity index is 1.60. The molecule has 0 atom stereocenters. The number of nitrogens with zero attached hydrogens (tertiary/aromatic N) is 4. The van der Waals surface area contributed by atoms with Gasteiger partial charge in [-0.15, -0.1) is 0 Å². The van der Waals surface area contributed by atoms with Gasteiger partial charge in [0.05, 0.1) is 56.7 Å². The van der Waals surface area contributed by atoms with Crippen LogP contribution in [0.2, 0.25) is 0 Å². The van der Waals surface area contributed by atoms with Crippen molar-refractivity contribution in [2.24, 2.45) is 0 Å². The zero-order chi connectivity index (χ0) is 28.2. The normalized spacial score (nSPS) is 11.3. The lowest BCUT2D eigenvalue weighted by atomic mass is 9.97. The summed E-state index contributed by atoms with van der Waals surface area (Å²) in [6, 6.07) is 50.2. The van der Waals surface area contributed by atoms with Crippen LogP contribution < -0.4 is 0 Å². The molecule has 4 nitrogen and oxygen atoms in total. The molecule has 0 saturated carbocycles. The van der Waals surface area contributed by atoms with Crippen molar-refractivity contribution in [3.05, 3.63) is 145 Å². The van der Waals surface area contributed by atoms with E-state index in [4.69, 9.17) is 0 Å². The third-order valence-corrected chi connectivity index (χ3v) is 8.14. The molecule has 42 heavy (non-hydrogen) atoms. The first-order valence-corrected chi connectivity index (χ1v) is 13.8. The summed E-state index contributed by atoms with van der Waals surface area (Å²) in [6.45, 7) is 0. The fourth-order valence-electron chi connectivity index (χ4n) is 6.44. The van der Waals surface area contributed by atoms with Gasteiger partial charge in [0, 0.05) is 27.1 Å². The van der Waals surface area contributed by atoms with Crippen LogP contribution in [-0.4, -0.2) is 9.13 Å². The van der Waals surface area contributed by atoms with Gasteiger partial charge >= 0.3 is 0 Å². The number of hydrogen-bond donors (Lipinski definition) is 0. The Morgan fingerprint density at radius 2 is 0.857 bits per heavy atom. The van der Waals surface area contributed by atoms with Crippen molar-refractivity contribution in [3.8, 4) is 34.6 Å². The lowest BCUT2D eigenvalue weighted by Gasteiger charge is -2.21. The van der Waals surface area contributed by atoms with E-state index < -0.39 is 0 Å². The van der Waals surface area contributed by atoms with Crippen LogP contribution in [0.25, 0.3) is 66.1 Å². The fraction of sp³-hybridized carbons (Fsp3) is 0. The molecule has 0 aliphatic carbocycles. The molecule has 0 amide bonds. The van der Waals surface area contributed by atoms with E-state index >= 15 is 0 Å². The summed E-state index contributed by atoms with van der Waals surface area (Å²) < 4.78 is 4.68. The minimum atomic E-state index is 0.458. The van der Waals surface area contributed by atoms with Gasteiger partial charge in [-0.3, -0.25) is 0 Å². The highest BCUT2D eigenvalue weighted by atomic mass is 15.1. The molecule has 0 N–H and O–H groups in total. The molecule has 6 aromatic carbocycles. The number of aromatic nitrogens is 2. The standard InChI is InChI=1S/C38H22N4/c39-23-25-20-26(24-40)22-27(21-25)28-14-9-19-37(41-33-15-5-1-10-29(33)30-11-2-6-16-34(30)41)38(28)42-35-17-7-3-12-31(35)32-13-4-8-18-36(32)42/h1-22H. The van der Waals surface area contributed by atoms with E-state index in [2.05, 4.69) is 137 Å². The summed E-state index contributed by atoms with van der Waals surface area (Å²) in [6.07, 6.45) is 0. The van der Waals surface area contributed by atoms with Crippen LogP contribution in [0, 0.1) is 22.7 Å². The van der Waals surface area contributed by atoms with E-state index in [1.54, 1.807) is 6.07 Å². The van der Waals surface area contributed by atoms with Crippen LogP contribution in [0.1, 0.15) is 11.1 Å². The monoisotopic (exact) mass is 534 g/mol. The molecule has 2 heterocycles. The minimum absolute atomic E-state index is 0.458. The SMILES string of the molecule is N#Cc1cc(C#N)cc(-c2cccc(-n3c4ccccc4c4ccccc43)c2-n2c3ccccc3c3ccccc32)c1. The van der Waals surface area contributed by atoms with Crippen molar-refractivity contribution in [1.82, 2.24) is 9.13 Å². The van der Waals surface area contributed by atoms with Crippen molar-refractivity contribution in [3.63, 3.8) is 0 Å². The van der Waals surface area contributed by atoms with Crippen LogP contribution in [0.5, 0.6) is 0 Å². The molecular formula is C38H22N4. The van der Waals surface area contributed by atoms with E-state index in [9.17, 15) is 10.5 Å². The quantitative estimate of drug-likeness (QED) is 0.227. The van der Waals surface area contributed by atoms with Crippen LogP contribution in [0.3, 0.4) is 0 Å². The second kappa shape index (κ2) is 9.24. The Kier molecular flexibility index (Phi) is 5.22. The number of nitriles is 2. The van der Waals surface area contributed by atoms with Crippen LogP contribution >= 0.6 is 0 Å². The molecule has 0 radical (unpaired) electrons. The third kappa shape index (κ3) is 3.40. The average molecular weight is 535 g/mol. The summed E-state index contributed by atoms with van der Waals surface area (Å²) in [4.78, 5) is 0. The lowest BCUT2D eigenvalue weighted by Crippen LogP contribution is -2.05. The molecule has 194 valence electrons. The minimum Gasteiger partial charge on any atom is -0.307 e. The maximum Gasteiger partial charge on any atom is 0.0992 e. The van der Waals surface area contributed by atoms with E-state index in [1.807, 2.05) is 12.1 Å². The maximum atomic E-state index is 9.84. The molecule has 0 aliphatic rings. The van der Waals surface area contributed by atoms with Gasteiger partial charge in [-0.25, -0.2) is 0 Å². The Bertz CT molecular complexity index is 2300. The van der Waals surface area contributed by atoms with Crippen molar-refractivity contribution in [1.29, 1.82) is 10.5 Å². The summed E-state index contributed by atoms with van der Waals surface area (Å²) in [7, 11) is 0. The summed E-state index contributed by atoms with van der Waals surface area (Å²) in [5, 5.41) is 24.4. The zero-order valence-corrected chi connectivity index (χ0v) is 22.5. The van der Waals surface area contributed by atoms with Crippen LogP contribution in [-0.2, 0) is 0 Å². The van der Waals surface area contributed by atoms with Crippen molar-refractivity contribution in [2.45, 2.75) is 0 Å². The topological polar surface area (TPSA) is 57.4 Å². The summed E-state index contributed by atoms with van der Waals surface area (Å²) >= 11 is 0. The number of hydrogen-bond acceptors (Lipinski definition) is 2. The Morgan fingerprint density at radius 1 is 0.429 bits per heavy atom. The van der Waals surface area contributed by atoms with E-state index in [-0.39, 0.29) is 0 Å². The second-order valence-electron chi connectivity index (χ2n) is 10.4. The first-order chi connectivity index (χ1) is 20.8. The van der Waals surface area contributed by atoms with Crippen LogP contribution in [0.15, 0.2) is 133 Å². The van der Waals surface area contributed by atoms with Gasteiger partial charge in [0.1, 0.15) is 0 Å². The van der Waals surface area contributed by atoms with Gasteiger partial charge in [-0.2, -0.15) is 10.5 Å². The number of benzene rings is 6. The average Bonchev–Trinajstić information content (AvgIpc) is 3.57. The molecule has 0 saturated heterocycles. The molecular weight excluding hydrogens is 512 g/mol. The first-order valence-electron chi connectivity index (χ1n) is 13.8. The number of para-hydroxylation sites is 5. The highest BCUT2D eigenvalue weighted by Crippen LogP contribution is 2.42. The highest BCUT2D eigenvalue weighted by molar-refractivity contribution is 6.12. The Hall–Kier alpha value is -6.10. The van der Waals surface area contributed by atoms with Crippen molar-refractivity contribution < 1.29 is 0 Å². The van der Waals surface area contributed by atoms with E-state index in [1.165, 1.54) is 21.5 Å². The predicted molar refractivity (Wildman–Crippen MR) is 170 cm³/mol. The molecule has 0 aliphatic heterocycles. The van der Waals surface area contributed by atoms with Gasteiger partial charge in [-0.05, 0) is 54.1 Å². The van der Waals surface area contributed by atoms with Crippen LogP contribution in [0.4, 0.5) is 0 Å².